The monoisotopic (exact) mass is 297 g/mol. The highest BCUT2D eigenvalue weighted by atomic mass is 16.5. The van der Waals surface area contributed by atoms with Gasteiger partial charge in [-0.3, -0.25) is 4.79 Å². The number of para-hydroxylation sites is 1. The molecule has 2 aromatic carbocycles. The smallest absolute Gasteiger partial charge is 0.323 e. The lowest BCUT2D eigenvalue weighted by atomic mass is 10.2. The largest absolute Gasteiger partial charge is 0.497 e. The molecule has 1 heterocycles. The molecule has 6 nitrogen and oxygen atoms in total. The predicted octanol–water partition coefficient (Wildman–Crippen LogP) is 2.38. The van der Waals surface area contributed by atoms with E-state index in [-0.39, 0.29) is 6.54 Å². The summed E-state index contributed by atoms with van der Waals surface area (Å²) in [6.45, 7) is -0.188. The Kier molecular flexibility index (Phi) is 3.42. The second kappa shape index (κ2) is 5.40. The molecular weight excluding hydrogens is 282 g/mol. The summed E-state index contributed by atoms with van der Waals surface area (Å²) < 4.78 is 6.86. The minimum atomic E-state index is -0.939. The summed E-state index contributed by atoms with van der Waals surface area (Å²) in [6, 6.07) is 12.7. The number of ether oxygens (including phenoxy) is 1. The summed E-state index contributed by atoms with van der Waals surface area (Å²) in [5, 5.41) is 9.18. The van der Waals surface area contributed by atoms with E-state index in [9.17, 15) is 9.90 Å². The van der Waals surface area contributed by atoms with Gasteiger partial charge in [-0.05, 0) is 24.3 Å². The Bertz CT molecular complexity index is 855. The van der Waals surface area contributed by atoms with Crippen LogP contribution in [-0.2, 0) is 11.3 Å². The molecule has 0 aliphatic carbocycles. The summed E-state index contributed by atoms with van der Waals surface area (Å²) in [7, 11) is 1.58. The van der Waals surface area contributed by atoms with Crippen LogP contribution in [0.5, 0.6) is 5.75 Å². The Labute approximate surface area is 126 Å². The average molecular weight is 297 g/mol. The van der Waals surface area contributed by atoms with Crippen LogP contribution in [0.25, 0.3) is 22.4 Å². The van der Waals surface area contributed by atoms with Crippen LogP contribution in [0.3, 0.4) is 0 Å². The summed E-state index contributed by atoms with van der Waals surface area (Å²) in [5.41, 5.74) is 8.54. The third-order valence-electron chi connectivity index (χ3n) is 3.43. The van der Waals surface area contributed by atoms with Gasteiger partial charge in [0, 0.05) is 5.56 Å². The number of carboxylic acid groups (broad SMARTS) is 1. The third kappa shape index (κ3) is 2.35. The van der Waals surface area contributed by atoms with Crippen LogP contribution in [0, 0.1) is 0 Å². The van der Waals surface area contributed by atoms with Crippen molar-refractivity contribution in [3.8, 4) is 17.1 Å². The molecule has 22 heavy (non-hydrogen) atoms. The molecule has 3 aromatic rings. The fraction of sp³-hybridized carbons (Fsp3) is 0.125. The minimum Gasteiger partial charge on any atom is -0.497 e. The maximum absolute atomic E-state index is 11.2. The average Bonchev–Trinajstić information content (AvgIpc) is 2.87. The molecule has 112 valence electrons. The number of methoxy groups -OCH3 is 1. The van der Waals surface area contributed by atoms with Gasteiger partial charge in [-0.15, -0.1) is 0 Å². The molecule has 3 N–H and O–H groups in total. The molecule has 0 fully saturated rings. The predicted molar refractivity (Wildman–Crippen MR) is 83.8 cm³/mol. The first-order valence-corrected chi connectivity index (χ1v) is 6.71. The topological polar surface area (TPSA) is 90.4 Å². The Hall–Kier alpha value is -3.02. The van der Waals surface area contributed by atoms with Gasteiger partial charge in [0.15, 0.2) is 0 Å². The number of rotatable bonds is 4. The maximum atomic E-state index is 11.2. The Balaban J connectivity index is 2.27. The molecule has 0 saturated carbocycles. The molecule has 1 aromatic heterocycles. The number of nitrogens with two attached hydrogens (primary N) is 1. The van der Waals surface area contributed by atoms with Crippen LogP contribution >= 0.6 is 0 Å². The van der Waals surface area contributed by atoms with E-state index in [4.69, 9.17) is 10.5 Å². The molecule has 0 saturated heterocycles. The number of nitrogen functional groups attached to an aromatic ring is 1. The number of imidazole rings is 1. The van der Waals surface area contributed by atoms with Crippen LogP contribution in [0.15, 0.2) is 42.5 Å². The number of carbonyl (C=O) groups is 1. The zero-order valence-corrected chi connectivity index (χ0v) is 12.0. The molecule has 0 aliphatic heterocycles. The third-order valence-corrected chi connectivity index (χ3v) is 3.43. The zero-order valence-electron chi connectivity index (χ0n) is 12.0. The van der Waals surface area contributed by atoms with Gasteiger partial charge in [0.25, 0.3) is 0 Å². The highest BCUT2D eigenvalue weighted by Crippen LogP contribution is 2.29. The lowest BCUT2D eigenvalue weighted by Gasteiger charge is -2.07. The number of hydrogen-bond acceptors (Lipinski definition) is 4. The van der Waals surface area contributed by atoms with Gasteiger partial charge < -0.3 is 20.1 Å². The second-order valence-electron chi connectivity index (χ2n) is 4.86. The number of carboxylic acids is 1. The van der Waals surface area contributed by atoms with Gasteiger partial charge in [-0.2, -0.15) is 0 Å². The maximum Gasteiger partial charge on any atom is 0.323 e. The van der Waals surface area contributed by atoms with Crippen LogP contribution in [0.2, 0.25) is 0 Å². The lowest BCUT2D eigenvalue weighted by molar-refractivity contribution is -0.137. The fourth-order valence-electron chi connectivity index (χ4n) is 2.45. The molecule has 0 amide bonds. The molecule has 0 atom stereocenters. The molecular formula is C16H15N3O3. The van der Waals surface area contributed by atoms with Crippen molar-refractivity contribution in [3.63, 3.8) is 0 Å². The minimum absolute atomic E-state index is 0.188. The fourth-order valence-corrected chi connectivity index (χ4v) is 2.45. The van der Waals surface area contributed by atoms with Crippen molar-refractivity contribution in [1.82, 2.24) is 9.55 Å². The second-order valence-corrected chi connectivity index (χ2v) is 4.86. The Morgan fingerprint density at radius 1 is 1.32 bits per heavy atom. The number of anilines is 1. The van der Waals surface area contributed by atoms with Crippen LogP contribution in [-0.4, -0.2) is 27.7 Å². The van der Waals surface area contributed by atoms with Gasteiger partial charge in [0.05, 0.1) is 18.3 Å². The summed E-state index contributed by atoms with van der Waals surface area (Å²) in [6.07, 6.45) is 0. The van der Waals surface area contributed by atoms with Crippen molar-refractivity contribution in [2.45, 2.75) is 6.54 Å². The summed E-state index contributed by atoms with van der Waals surface area (Å²) in [4.78, 5) is 15.7. The lowest BCUT2D eigenvalue weighted by Crippen LogP contribution is -2.10. The van der Waals surface area contributed by atoms with E-state index >= 15 is 0 Å². The van der Waals surface area contributed by atoms with Gasteiger partial charge in [0.2, 0.25) is 0 Å². The number of aliphatic carboxylic acids is 1. The van der Waals surface area contributed by atoms with E-state index in [0.717, 1.165) is 5.56 Å². The first-order chi connectivity index (χ1) is 10.6. The number of fused-ring (bicyclic) bond motifs is 1. The summed E-state index contributed by atoms with van der Waals surface area (Å²) in [5.74, 6) is 0.291. The van der Waals surface area contributed by atoms with E-state index in [2.05, 4.69) is 4.98 Å². The van der Waals surface area contributed by atoms with Crippen LogP contribution in [0.1, 0.15) is 0 Å². The summed E-state index contributed by atoms with van der Waals surface area (Å²) >= 11 is 0. The number of aromatic nitrogens is 2. The van der Waals surface area contributed by atoms with E-state index < -0.39 is 5.97 Å². The van der Waals surface area contributed by atoms with E-state index in [1.807, 2.05) is 30.3 Å². The number of hydrogen-bond donors (Lipinski definition) is 2. The molecule has 0 bridgehead atoms. The molecule has 0 aliphatic rings. The molecule has 3 rings (SSSR count). The number of benzene rings is 2. The standard InChI is InChI=1S/C16H15N3O3/c1-22-11-5-2-4-10(8-11)16-18-15-12(17)6-3-7-13(15)19(16)9-14(20)21/h2-8H,9,17H2,1H3,(H,20,21). The van der Waals surface area contributed by atoms with Crippen molar-refractivity contribution in [1.29, 1.82) is 0 Å². The van der Waals surface area contributed by atoms with Gasteiger partial charge in [-0.1, -0.05) is 18.2 Å². The normalized spacial score (nSPS) is 10.8. The highest BCUT2D eigenvalue weighted by Gasteiger charge is 2.16. The Morgan fingerprint density at radius 3 is 2.82 bits per heavy atom. The number of nitrogens with zero attached hydrogens (tertiary/aromatic N) is 2. The van der Waals surface area contributed by atoms with Crippen molar-refractivity contribution in [3.05, 3.63) is 42.5 Å². The van der Waals surface area contributed by atoms with Gasteiger partial charge in [0.1, 0.15) is 23.6 Å². The van der Waals surface area contributed by atoms with Crippen molar-refractivity contribution in [2.75, 3.05) is 12.8 Å². The Morgan fingerprint density at radius 2 is 2.09 bits per heavy atom. The van der Waals surface area contributed by atoms with E-state index in [0.29, 0.717) is 28.3 Å². The first kappa shape index (κ1) is 13.9. The molecule has 0 spiro atoms. The van der Waals surface area contributed by atoms with Gasteiger partial charge in [-0.25, -0.2) is 4.98 Å². The van der Waals surface area contributed by atoms with Crippen molar-refractivity contribution in [2.24, 2.45) is 0 Å². The van der Waals surface area contributed by atoms with Crippen LogP contribution in [0.4, 0.5) is 5.69 Å². The van der Waals surface area contributed by atoms with Crippen molar-refractivity contribution >= 4 is 22.7 Å². The molecule has 0 radical (unpaired) electrons. The van der Waals surface area contributed by atoms with Gasteiger partial charge >= 0.3 is 5.97 Å². The highest BCUT2D eigenvalue weighted by molar-refractivity contribution is 5.91. The van der Waals surface area contributed by atoms with Crippen molar-refractivity contribution < 1.29 is 14.6 Å². The van der Waals surface area contributed by atoms with E-state index in [1.54, 1.807) is 23.8 Å². The first-order valence-electron chi connectivity index (χ1n) is 6.71. The SMILES string of the molecule is COc1cccc(-c2nc3c(N)cccc3n2CC(=O)O)c1. The quantitative estimate of drug-likeness (QED) is 0.721. The molecule has 6 heteroatoms. The zero-order chi connectivity index (χ0) is 15.7. The van der Waals surface area contributed by atoms with E-state index in [1.165, 1.54) is 0 Å². The molecule has 0 unspecified atom stereocenters. The van der Waals surface area contributed by atoms with Crippen LogP contribution < -0.4 is 10.5 Å².